The molecule has 1 amide bonds. The fraction of sp³-hybridized carbons (Fsp3) is 0.375. The molecular formula is C8H8ClNO. The molecule has 1 N–H and O–H groups in total. The zero-order valence-electron chi connectivity index (χ0n) is 5.88. The van der Waals surface area contributed by atoms with Gasteiger partial charge in [0.2, 0.25) is 5.91 Å². The van der Waals surface area contributed by atoms with E-state index in [1.165, 1.54) is 0 Å². The van der Waals surface area contributed by atoms with E-state index in [1.807, 2.05) is 18.2 Å². The van der Waals surface area contributed by atoms with Crippen LogP contribution >= 0.6 is 11.6 Å². The molecule has 2 atom stereocenters. The molecule has 0 aromatic heterocycles. The van der Waals surface area contributed by atoms with Crippen molar-refractivity contribution in [2.24, 2.45) is 5.92 Å². The molecule has 0 spiro atoms. The van der Waals surface area contributed by atoms with Crippen LogP contribution in [0, 0.1) is 5.92 Å². The Kier molecular flexibility index (Phi) is 1.50. The van der Waals surface area contributed by atoms with Crippen molar-refractivity contribution < 1.29 is 4.79 Å². The van der Waals surface area contributed by atoms with Crippen LogP contribution in [-0.4, -0.2) is 11.9 Å². The summed E-state index contributed by atoms with van der Waals surface area (Å²) in [5.74, 6) is 0.396. The largest absolute Gasteiger partial charge is 0.349 e. The minimum absolute atomic E-state index is 0.118. The molecular weight excluding hydrogens is 162 g/mol. The van der Waals surface area contributed by atoms with Crippen LogP contribution in [0.2, 0.25) is 0 Å². The number of rotatable bonds is 0. The first kappa shape index (κ1) is 6.92. The summed E-state index contributed by atoms with van der Waals surface area (Å²) in [6.45, 7) is 0. The summed E-state index contributed by atoms with van der Waals surface area (Å²) < 4.78 is 0. The minimum Gasteiger partial charge on any atom is -0.349 e. The number of carbonyl (C=O) groups excluding carboxylic acids is 1. The second kappa shape index (κ2) is 2.38. The lowest BCUT2D eigenvalue weighted by atomic mass is 9.96. The van der Waals surface area contributed by atoms with E-state index >= 15 is 0 Å². The summed E-state index contributed by atoms with van der Waals surface area (Å²) in [6, 6.07) is 0.185. The fourth-order valence-corrected chi connectivity index (χ4v) is 1.74. The van der Waals surface area contributed by atoms with Crippen LogP contribution in [0.5, 0.6) is 0 Å². The van der Waals surface area contributed by atoms with Crippen LogP contribution in [0.3, 0.4) is 0 Å². The SMILES string of the molecule is O=C1CC2C=C(Cl)C=CC2N1. The summed E-state index contributed by atoms with van der Waals surface area (Å²) in [5.41, 5.74) is 0. The van der Waals surface area contributed by atoms with Gasteiger partial charge in [0, 0.05) is 17.4 Å². The Morgan fingerprint density at radius 2 is 2.45 bits per heavy atom. The van der Waals surface area contributed by atoms with E-state index in [4.69, 9.17) is 11.6 Å². The van der Waals surface area contributed by atoms with Gasteiger partial charge in [-0.2, -0.15) is 0 Å². The molecule has 0 bridgehead atoms. The smallest absolute Gasteiger partial charge is 0.221 e. The van der Waals surface area contributed by atoms with Gasteiger partial charge < -0.3 is 5.32 Å². The van der Waals surface area contributed by atoms with Gasteiger partial charge in [-0.25, -0.2) is 0 Å². The van der Waals surface area contributed by atoms with Crippen molar-refractivity contribution in [1.82, 2.24) is 5.32 Å². The van der Waals surface area contributed by atoms with Crippen LogP contribution in [0.4, 0.5) is 0 Å². The zero-order valence-corrected chi connectivity index (χ0v) is 6.64. The van der Waals surface area contributed by atoms with Crippen LogP contribution in [0.15, 0.2) is 23.3 Å². The van der Waals surface area contributed by atoms with Gasteiger partial charge in [-0.1, -0.05) is 23.8 Å². The van der Waals surface area contributed by atoms with Crippen LogP contribution in [0.1, 0.15) is 6.42 Å². The molecule has 1 aliphatic carbocycles. The Morgan fingerprint density at radius 3 is 3.27 bits per heavy atom. The zero-order chi connectivity index (χ0) is 7.84. The van der Waals surface area contributed by atoms with Gasteiger partial charge in [0.05, 0.1) is 6.04 Å². The van der Waals surface area contributed by atoms with E-state index in [0.717, 1.165) is 5.03 Å². The summed E-state index contributed by atoms with van der Waals surface area (Å²) in [4.78, 5) is 10.9. The highest BCUT2D eigenvalue weighted by Gasteiger charge is 2.30. The monoisotopic (exact) mass is 169 g/mol. The van der Waals surface area contributed by atoms with E-state index in [9.17, 15) is 4.79 Å². The van der Waals surface area contributed by atoms with Crippen LogP contribution in [-0.2, 0) is 4.79 Å². The summed E-state index contributed by atoms with van der Waals surface area (Å²) >= 11 is 5.77. The molecule has 1 aliphatic heterocycles. The number of hydrogen-bond donors (Lipinski definition) is 1. The number of halogens is 1. The van der Waals surface area contributed by atoms with Gasteiger partial charge in [-0.15, -0.1) is 0 Å². The Labute approximate surface area is 69.9 Å². The van der Waals surface area contributed by atoms with Gasteiger partial charge in [0.1, 0.15) is 0 Å². The quantitative estimate of drug-likeness (QED) is 0.580. The number of allylic oxidation sites excluding steroid dienone is 2. The molecule has 3 heteroatoms. The third-order valence-corrected chi connectivity index (χ3v) is 2.30. The molecule has 2 rings (SSSR count). The molecule has 0 aromatic rings. The molecule has 58 valence electrons. The van der Waals surface area contributed by atoms with E-state index < -0.39 is 0 Å². The van der Waals surface area contributed by atoms with E-state index in [1.54, 1.807) is 0 Å². The predicted octanol–water partition coefficient (Wildman–Crippen LogP) is 1.18. The molecule has 1 heterocycles. The molecule has 0 aromatic carbocycles. The second-order valence-corrected chi connectivity index (χ2v) is 3.31. The highest BCUT2D eigenvalue weighted by molar-refractivity contribution is 6.31. The lowest BCUT2D eigenvalue weighted by Gasteiger charge is -2.14. The van der Waals surface area contributed by atoms with E-state index in [2.05, 4.69) is 5.32 Å². The van der Waals surface area contributed by atoms with Gasteiger partial charge in [0.25, 0.3) is 0 Å². The van der Waals surface area contributed by atoms with Gasteiger partial charge in [0.15, 0.2) is 0 Å². The summed E-state index contributed by atoms with van der Waals surface area (Å²) in [7, 11) is 0. The minimum atomic E-state index is 0.118. The van der Waals surface area contributed by atoms with Crippen LogP contribution in [0.25, 0.3) is 0 Å². The summed E-state index contributed by atoms with van der Waals surface area (Å²) in [5, 5.41) is 3.59. The first-order chi connectivity index (χ1) is 5.25. The van der Waals surface area contributed by atoms with Crippen molar-refractivity contribution in [3.63, 3.8) is 0 Å². The lowest BCUT2D eigenvalue weighted by molar-refractivity contribution is -0.119. The highest BCUT2D eigenvalue weighted by atomic mass is 35.5. The third kappa shape index (κ3) is 1.18. The van der Waals surface area contributed by atoms with Crippen molar-refractivity contribution in [2.45, 2.75) is 12.5 Å². The lowest BCUT2D eigenvalue weighted by Crippen LogP contribution is -2.27. The topological polar surface area (TPSA) is 29.1 Å². The number of carbonyl (C=O) groups is 1. The summed E-state index contributed by atoms with van der Waals surface area (Å²) in [6.07, 6.45) is 6.28. The number of fused-ring (bicyclic) bond motifs is 1. The van der Waals surface area contributed by atoms with E-state index in [-0.39, 0.29) is 17.9 Å². The normalized spacial score (nSPS) is 34.6. The first-order valence-corrected chi connectivity index (χ1v) is 3.98. The predicted molar refractivity (Wildman–Crippen MR) is 43.1 cm³/mol. The molecule has 2 nitrogen and oxygen atoms in total. The maximum absolute atomic E-state index is 10.9. The molecule has 2 aliphatic rings. The van der Waals surface area contributed by atoms with Gasteiger partial charge in [-0.05, 0) is 6.08 Å². The molecule has 1 fully saturated rings. The second-order valence-electron chi connectivity index (χ2n) is 2.87. The van der Waals surface area contributed by atoms with Crippen molar-refractivity contribution >= 4 is 17.5 Å². The van der Waals surface area contributed by atoms with Crippen molar-refractivity contribution in [1.29, 1.82) is 0 Å². The standard InChI is InChI=1S/C8H8ClNO/c9-6-1-2-7-5(3-6)4-8(11)10-7/h1-3,5,7H,4H2,(H,10,11). The van der Waals surface area contributed by atoms with Crippen molar-refractivity contribution in [2.75, 3.05) is 0 Å². The number of nitrogens with one attached hydrogen (secondary N) is 1. The number of amides is 1. The highest BCUT2D eigenvalue weighted by Crippen LogP contribution is 2.26. The van der Waals surface area contributed by atoms with Gasteiger partial charge >= 0.3 is 0 Å². The molecule has 11 heavy (non-hydrogen) atoms. The van der Waals surface area contributed by atoms with Gasteiger partial charge in [-0.3, -0.25) is 4.79 Å². The van der Waals surface area contributed by atoms with Crippen molar-refractivity contribution in [3.8, 4) is 0 Å². The average molecular weight is 170 g/mol. The van der Waals surface area contributed by atoms with Crippen LogP contribution < -0.4 is 5.32 Å². The third-order valence-electron chi connectivity index (χ3n) is 2.05. The molecule has 2 unspecified atom stereocenters. The Hall–Kier alpha value is -0.760. The molecule has 0 saturated carbocycles. The average Bonchev–Trinajstić information content (AvgIpc) is 2.27. The van der Waals surface area contributed by atoms with Crippen molar-refractivity contribution in [3.05, 3.63) is 23.3 Å². The molecule has 1 saturated heterocycles. The Balaban J connectivity index is 2.23. The van der Waals surface area contributed by atoms with E-state index in [0.29, 0.717) is 6.42 Å². The number of hydrogen-bond acceptors (Lipinski definition) is 1. The maximum Gasteiger partial charge on any atom is 0.221 e. The fourth-order valence-electron chi connectivity index (χ4n) is 1.50. The maximum atomic E-state index is 10.9. The Morgan fingerprint density at radius 1 is 1.64 bits per heavy atom. The Bertz CT molecular complexity index is 257. The molecule has 0 radical (unpaired) electrons. The first-order valence-electron chi connectivity index (χ1n) is 3.60.